The van der Waals surface area contributed by atoms with Gasteiger partial charge in [0.1, 0.15) is 0 Å². The summed E-state index contributed by atoms with van der Waals surface area (Å²) in [6.07, 6.45) is 3.15. The second kappa shape index (κ2) is 5.57. The summed E-state index contributed by atoms with van der Waals surface area (Å²) in [6, 6.07) is 8.50. The molecule has 5 nitrogen and oxygen atoms in total. The third-order valence-corrected chi connectivity index (χ3v) is 4.14. The lowest BCUT2D eigenvalue weighted by Crippen LogP contribution is -2.24. The van der Waals surface area contributed by atoms with Crippen LogP contribution in [0.15, 0.2) is 41.8 Å². The summed E-state index contributed by atoms with van der Waals surface area (Å²) in [5, 5.41) is 4.61. The van der Waals surface area contributed by atoms with Gasteiger partial charge in [-0.25, -0.2) is 0 Å². The molecule has 0 spiro atoms. The first-order valence-corrected chi connectivity index (χ1v) is 7.43. The van der Waals surface area contributed by atoms with Gasteiger partial charge in [-0.15, -0.1) is 11.3 Å². The molecule has 2 heterocycles. The van der Waals surface area contributed by atoms with E-state index < -0.39 is 0 Å². The van der Waals surface area contributed by atoms with Gasteiger partial charge in [-0.3, -0.25) is 19.3 Å². The highest BCUT2D eigenvalue weighted by Gasteiger charge is 2.32. The predicted octanol–water partition coefficient (Wildman–Crippen LogP) is 2.63. The van der Waals surface area contributed by atoms with Crippen LogP contribution in [0.4, 0.5) is 5.69 Å². The molecule has 0 fully saturated rings. The maximum atomic E-state index is 11.9. The fourth-order valence-corrected chi connectivity index (χ4v) is 2.78. The lowest BCUT2D eigenvalue weighted by molar-refractivity contribution is -0.111. The summed E-state index contributed by atoms with van der Waals surface area (Å²) in [6.45, 7) is 0. The average molecular weight is 312 g/mol. The van der Waals surface area contributed by atoms with Crippen molar-refractivity contribution in [2.75, 3.05) is 12.4 Å². The Labute approximate surface area is 130 Å². The molecular formula is C16H12N2O3S. The predicted molar refractivity (Wildman–Crippen MR) is 84.8 cm³/mol. The van der Waals surface area contributed by atoms with Gasteiger partial charge in [-0.2, -0.15) is 0 Å². The van der Waals surface area contributed by atoms with Gasteiger partial charge in [0.25, 0.3) is 11.8 Å². The summed E-state index contributed by atoms with van der Waals surface area (Å²) >= 11 is 1.53. The van der Waals surface area contributed by atoms with Crippen LogP contribution in [-0.4, -0.2) is 29.7 Å². The van der Waals surface area contributed by atoms with E-state index in [-0.39, 0.29) is 17.7 Å². The Morgan fingerprint density at radius 3 is 2.68 bits per heavy atom. The molecule has 3 rings (SSSR count). The van der Waals surface area contributed by atoms with Crippen LogP contribution in [0.25, 0.3) is 6.08 Å². The minimum Gasteiger partial charge on any atom is -0.322 e. The molecule has 0 saturated heterocycles. The number of anilines is 1. The molecule has 0 saturated carbocycles. The number of hydrogen-bond donors (Lipinski definition) is 1. The van der Waals surface area contributed by atoms with E-state index in [2.05, 4.69) is 5.32 Å². The zero-order valence-electron chi connectivity index (χ0n) is 11.7. The molecule has 6 heteroatoms. The van der Waals surface area contributed by atoms with Crippen LogP contribution in [0, 0.1) is 0 Å². The molecule has 0 atom stereocenters. The van der Waals surface area contributed by atoms with Crippen molar-refractivity contribution in [2.24, 2.45) is 0 Å². The molecule has 110 valence electrons. The van der Waals surface area contributed by atoms with Crippen molar-refractivity contribution in [3.63, 3.8) is 0 Å². The Bertz CT molecular complexity index is 794. The van der Waals surface area contributed by atoms with Gasteiger partial charge in [-0.05, 0) is 35.7 Å². The van der Waals surface area contributed by atoms with E-state index >= 15 is 0 Å². The van der Waals surface area contributed by atoms with E-state index in [0.717, 1.165) is 9.78 Å². The lowest BCUT2D eigenvalue weighted by Gasteiger charge is -2.03. The van der Waals surface area contributed by atoms with E-state index in [9.17, 15) is 14.4 Å². The maximum absolute atomic E-state index is 11.9. The standard InChI is InChI=1S/C16H12N2O3S/c1-18-15(20)12-6-4-10(9-13(12)16(18)21)17-14(19)7-5-11-3-2-8-22-11/h2-9H,1H3,(H,17,19)/b7-5+. The van der Waals surface area contributed by atoms with Gasteiger partial charge >= 0.3 is 0 Å². The number of carbonyl (C=O) groups excluding carboxylic acids is 3. The zero-order chi connectivity index (χ0) is 15.7. The van der Waals surface area contributed by atoms with E-state index in [0.29, 0.717) is 16.8 Å². The second-order valence-electron chi connectivity index (χ2n) is 4.77. The second-order valence-corrected chi connectivity index (χ2v) is 5.75. The molecule has 1 N–H and O–H groups in total. The summed E-state index contributed by atoms with van der Waals surface area (Å²) in [7, 11) is 1.44. The molecule has 3 amide bonds. The van der Waals surface area contributed by atoms with Gasteiger partial charge in [0.2, 0.25) is 5.91 Å². The van der Waals surface area contributed by atoms with Gasteiger partial charge in [0.05, 0.1) is 11.1 Å². The minimum absolute atomic E-state index is 0.293. The fraction of sp³-hybridized carbons (Fsp3) is 0.0625. The molecular weight excluding hydrogens is 300 g/mol. The SMILES string of the molecule is CN1C(=O)c2ccc(NC(=O)/C=C/c3cccs3)cc2C1=O. The smallest absolute Gasteiger partial charge is 0.261 e. The molecule has 1 aliphatic rings. The maximum Gasteiger partial charge on any atom is 0.261 e. The number of nitrogens with one attached hydrogen (secondary N) is 1. The first-order valence-electron chi connectivity index (χ1n) is 6.55. The quantitative estimate of drug-likeness (QED) is 0.700. The molecule has 1 aliphatic heterocycles. The Balaban J connectivity index is 1.76. The summed E-state index contributed by atoms with van der Waals surface area (Å²) in [5.41, 5.74) is 1.16. The number of rotatable bonds is 3. The summed E-state index contributed by atoms with van der Waals surface area (Å²) in [5.74, 6) is -0.973. The third-order valence-electron chi connectivity index (χ3n) is 3.30. The van der Waals surface area contributed by atoms with Crippen molar-refractivity contribution in [1.29, 1.82) is 0 Å². The highest BCUT2D eigenvalue weighted by atomic mass is 32.1. The zero-order valence-corrected chi connectivity index (χ0v) is 12.5. The topological polar surface area (TPSA) is 66.5 Å². The molecule has 0 aliphatic carbocycles. The lowest BCUT2D eigenvalue weighted by atomic mass is 10.1. The summed E-state index contributed by atoms with van der Waals surface area (Å²) < 4.78 is 0. The van der Waals surface area contributed by atoms with Crippen molar-refractivity contribution in [3.8, 4) is 0 Å². The van der Waals surface area contributed by atoms with Crippen molar-refractivity contribution < 1.29 is 14.4 Å². The molecule has 0 bridgehead atoms. The van der Waals surface area contributed by atoms with Crippen LogP contribution >= 0.6 is 11.3 Å². The molecule has 1 aromatic heterocycles. The van der Waals surface area contributed by atoms with Crippen LogP contribution in [0.5, 0.6) is 0 Å². The van der Waals surface area contributed by atoms with Gasteiger partial charge in [0.15, 0.2) is 0 Å². The van der Waals surface area contributed by atoms with Crippen LogP contribution in [0.1, 0.15) is 25.6 Å². The van der Waals surface area contributed by atoms with E-state index in [1.807, 2.05) is 17.5 Å². The van der Waals surface area contributed by atoms with Gasteiger partial charge in [0, 0.05) is 23.7 Å². The number of amides is 3. The molecule has 2 aromatic rings. The Morgan fingerprint density at radius 2 is 1.95 bits per heavy atom. The largest absolute Gasteiger partial charge is 0.322 e. The highest BCUT2D eigenvalue weighted by molar-refractivity contribution is 7.10. The van der Waals surface area contributed by atoms with Crippen molar-refractivity contribution in [1.82, 2.24) is 4.90 Å². The monoisotopic (exact) mass is 312 g/mol. The number of nitrogens with zero attached hydrogens (tertiary/aromatic N) is 1. The average Bonchev–Trinajstić information content (AvgIpc) is 3.10. The Hall–Kier alpha value is -2.73. The fourth-order valence-electron chi connectivity index (χ4n) is 2.17. The van der Waals surface area contributed by atoms with E-state index in [4.69, 9.17) is 0 Å². The normalized spacial score (nSPS) is 13.8. The Kier molecular flexibility index (Phi) is 3.60. The van der Waals surface area contributed by atoms with Crippen molar-refractivity contribution in [2.45, 2.75) is 0 Å². The van der Waals surface area contributed by atoms with Crippen LogP contribution in [-0.2, 0) is 4.79 Å². The van der Waals surface area contributed by atoms with Crippen LogP contribution in [0.2, 0.25) is 0 Å². The summed E-state index contributed by atoms with van der Waals surface area (Å²) in [4.78, 5) is 37.6. The third kappa shape index (κ3) is 2.56. The highest BCUT2D eigenvalue weighted by Crippen LogP contribution is 2.24. The van der Waals surface area contributed by atoms with Gasteiger partial charge < -0.3 is 5.32 Å². The van der Waals surface area contributed by atoms with E-state index in [1.54, 1.807) is 18.2 Å². The number of carbonyl (C=O) groups is 3. The number of benzene rings is 1. The van der Waals surface area contributed by atoms with Crippen molar-refractivity contribution in [3.05, 3.63) is 57.8 Å². The molecule has 0 radical (unpaired) electrons. The number of thiophene rings is 1. The van der Waals surface area contributed by atoms with Crippen molar-refractivity contribution >= 4 is 40.8 Å². The first-order chi connectivity index (χ1) is 10.6. The molecule has 22 heavy (non-hydrogen) atoms. The van der Waals surface area contributed by atoms with Crippen LogP contribution < -0.4 is 5.32 Å². The number of fused-ring (bicyclic) bond motifs is 1. The molecule has 0 unspecified atom stereocenters. The van der Waals surface area contributed by atoms with Crippen LogP contribution in [0.3, 0.4) is 0 Å². The molecule has 1 aromatic carbocycles. The number of hydrogen-bond acceptors (Lipinski definition) is 4. The van der Waals surface area contributed by atoms with E-state index in [1.165, 1.54) is 30.5 Å². The first kappa shape index (κ1) is 14.2. The minimum atomic E-state index is -0.356. The van der Waals surface area contributed by atoms with Gasteiger partial charge in [-0.1, -0.05) is 6.07 Å². The Morgan fingerprint density at radius 1 is 1.18 bits per heavy atom. The number of imide groups is 1.